The van der Waals surface area contributed by atoms with Gasteiger partial charge in [-0.25, -0.2) is 9.59 Å². The predicted octanol–water partition coefficient (Wildman–Crippen LogP) is 1.14. The van der Waals surface area contributed by atoms with Crippen molar-refractivity contribution in [2.24, 2.45) is 5.73 Å². The van der Waals surface area contributed by atoms with Gasteiger partial charge in [0.2, 0.25) is 6.10 Å². The molecule has 0 spiro atoms. The SMILES string of the molecule is NC(=O)c1ccc[n+]([C@@H]2O[C@H](COC(=O)c3ccccc3)[C@@H](OC(=O)c3ccccc3)[C@H]2OC(=O)CP(=O)(O)O)c1. The van der Waals surface area contributed by atoms with Gasteiger partial charge in [0, 0.05) is 6.07 Å². The maximum Gasteiger partial charge on any atom is 0.338 e. The first-order chi connectivity index (χ1) is 19.5. The average Bonchev–Trinajstić information content (AvgIpc) is 3.27. The fraction of sp³-hybridized carbons (Fsp3) is 0.222. The molecule has 0 bridgehead atoms. The molecular weight excluding hydrogens is 559 g/mol. The first-order valence-electron chi connectivity index (χ1n) is 12.2. The molecule has 3 aromatic rings. The van der Waals surface area contributed by atoms with Crippen LogP contribution in [0, 0.1) is 0 Å². The largest absolute Gasteiger partial charge is 0.459 e. The van der Waals surface area contributed by atoms with E-state index in [1.807, 2.05) is 0 Å². The molecular formula is C27H26N2O11P+. The summed E-state index contributed by atoms with van der Waals surface area (Å²) in [6.45, 7) is -0.459. The lowest BCUT2D eigenvalue weighted by Crippen LogP contribution is -2.49. The second kappa shape index (κ2) is 12.8. The number of rotatable bonds is 10. The predicted molar refractivity (Wildman–Crippen MR) is 138 cm³/mol. The number of nitrogens with two attached hydrogens (primary N) is 1. The molecule has 1 aromatic heterocycles. The van der Waals surface area contributed by atoms with Gasteiger partial charge >= 0.3 is 31.7 Å². The molecule has 214 valence electrons. The minimum absolute atomic E-state index is 0.0631. The van der Waals surface area contributed by atoms with Crippen molar-refractivity contribution in [1.82, 2.24) is 0 Å². The van der Waals surface area contributed by atoms with Gasteiger partial charge in [-0.3, -0.25) is 14.2 Å². The molecule has 1 aliphatic rings. The third-order valence-corrected chi connectivity index (χ3v) is 6.60. The molecule has 0 radical (unpaired) electrons. The highest BCUT2D eigenvalue weighted by Crippen LogP contribution is 2.36. The van der Waals surface area contributed by atoms with Gasteiger partial charge in [0.1, 0.15) is 24.4 Å². The average molecular weight is 585 g/mol. The number of pyridine rings is 1. The van der Waals surface area contributed by atoms with E-state index in [4.69, 9.17) is 24.7 Å². The molecule has 0 aliphatic carbocycles. The first-order valence-corrected chi connectivity index (χ1v) is 14.0. The van der Waals surface area contributed by atoms with E-state index in [9.17, 15) is 33.5 Å². The number of amides is 1. The van der Waals surface area contributed by atoms with Crippen LogP contribution in [0.25, 0.3) is 0 Å². The number of esters is 3. The van der Waals surface area contributed by atoms with E-state index in [2.05, 4.69) is 0 Å². The molecule has 0 saturated carbocycles. The zero-order valence-electron chi connectivity index (χ0n) is 21.3. The van der Waals surface area contributed by atoms with Crippen molar-refractivity contribution in [3.63, 3.8) is 0 Å². The van der Waals surface area contributed by atoms with E-state index in [-0.39, 0.29) is 16.7 Å². The molecule has 0 unspecified atom stereocenters. The van der Waals surface area contributed by atoms with Crippen molar-refractivity contribution in [2.45, 2.75) is 24.5 Å². The number of nitrogens with zero attached hydrogens (tertiary/aromatic N) is 1. The number of benzene rings is 2. The van der Waals surface area contributed by atoms with E-state index >= 15 is 0 Å². The van der Waals surface area contributed by atoms with E-state index in [1.54, 1.807) is 36.4 Å². The van der Waals surface area contributed by atoms with Crippen LogP contribution < -0.4 is 10.3 Å². The molecule has 13 nitrogen and oxygen atoms in total. The Balaban J connectivity index is 1.68. The lowest BCUT2D eigenvalue weighted by atomic mass is 10.1. The molecule has 41 heavy (non-hydrogen) atoms. The topological polar surface area (TPSA) is 193 Å². The standard InChI is InChI=1S/C27H25N2O11P/c28-24(31)19-12-7-13-29(14-19)25-23(39-21(30)16-41(34,35)36)22(40-27(33)18-10-5-2-6-11-18)20(38-25)15-37-26(32)17-8-3-1-4-9-17/h1-14,20,22-23,25H,15-16H2,(H3-,28,31,34,35,36)/p+1/t20-,22-,23-,25-/m1/s1. The van der Waals surface area contributed by atoms with Crippen molar-refractivity contribution in [3.05, 3.63) is 102 Å². The lowest BCUT2D eigenvalue weighted by Gasteiger charge is -2.23. The van der Waals surface area contributed by atoms with Crippen molar-refractivity contribution < 1.29 is 57.0 Å². The Morgan fingerprint density at radius 2 is 1.41 bits per heavy atom. The van der Waals surface area contributed by atoms with Gasteiger partial charge in [-0.1, -0.05) is 36.4 Å². The van der Waals surface area contributed by atoms with Crippen LogP contribution in [-0.2, 0) is 28.3 Å². The Morgan fingerprint density at radius 3 is 2.00 bits per heavy atom. The zero-order valence-corrected chi connectivity index (χ0v) is 22.2. The second-order valence-corrected chi connectivity index (χ2v) is 10.6. The minimum Gasteiger partial charge on any atom is -0.459 e. The Kier molecular flexibility index (Phi) is 9.25. The molecule has 4 rings (SSSR count). The van der Waals surface area contributed by atoms with E-state index in [0.717, 1.165) is 0 Å². The summed E-state index contributed by atoms with van der Waals surface area (Å²) in [4.78, 5) is 68.6. The Bertz CT molecular complexity index is 1460. The summed E-state index contributed by atoms with van der Waals surface area (Å²) in [6.07, 6.45) is -3.91. The van der Waals surface area contributed by atoms with Crippen molar-refractivity contribution in [2.75, 3.05) is 12.8 Å². The number of primary amides is 1. The Labute approximate surface area is 233 Å². The molecule has 1 saturated heterocycles. The van der Waals surface area contributed by atoms with E-state index < -0.39 is 68.7 Å². The highest BCUT2D eigenvalue weighted by molar-refractivity contribution is 7.52. The Morgan fingerprint density at radius 1 is 0.829 bits per heavy atom. The summed E-state index contributed by atoms with van der Waals surface area (Å²) >= 11 is 0. The molecule has 2 aromatic carbocycles. The third-order valence-electron chi connectivity index (χ3n) is 5.93. The smallest absolute Gasteiger partial charge is 0.338 e. The van der Waals surface area contributed by atoms with Crippen LogP contribution in [-0.4, -0.2) is 64.7 Å². The van der Waals surface area contributed by atoms with Crippen LogP contribution in [0.3, 0.4) is 0 Å². The maximum absolute atomic E-state index is 13.0. The van der Waals surface area contributed by atoms with Crippen LogP contribution >= 0.6 is 7.60 Å². The van der Waals surface area contributed by atoms with Gasteiger partial charge in [-0.05, 0) is 30.3 Å². The number of ether oxygens (including phenoxy) is 4. The van der Waals surface area contributed by atoms with Crippen LogP contribution in [0.1, 0.15) is 37.3 Å². The number of carbonyl (C=O) groups is 4. The summed E-state index contributed by atoms with van der Waals surface area (Å²) in [5, 5.41) is 0. The van der Waals surface area contributed by atoms with Crippen LogP contribution in [0.4, 0.5) is 0 Å². The molecule has 1 amide bonds. The molecule has 2 heterocycles. The number of aromatic nitrogens is 1. The highest BCUT2D eigenvalue weighted by Gasteiger charge is 2.55. The van der Waals surface area contributed by atoms with E-state index in [0.29, 0.717) is 0 Å². The molecule has 1 fully saturated rings. The number of hydrogen-bond acceptors (Lipinski definition) is 9. The minimum atomic E-state index is -4.82. The monoisotopic (exact) mass is 585 g/mol. The van der Waals surface area contributed by atoms with Crippen molar-refractivity contribution >= 4 is 31.4 Å². The van der Waals surface area contributed by atoms with E-state index in [1.165, 1.54) is 53.4 Å². The lowest BCUT2D eigenvalue weighted by molar-refractivity contribution is -0.765. The molecule has 14 heteroatoms. The van der Waals surface area contributed by atoms with Gasteiger partial charge < -0.3 is 34.5 Å². The summed E-state index contributed by atoms with van der Waals surface area (Å²) in [5.41, 5.74) is 5.85. The second-order valence-electron chi connectivity index (χ2n) is 8.95. The van der Waals surface area contributed by atoms with Gasteiger partial charge in [0.15, 0.2) is 18.5 Å². The molecule has 1 aliphatic heterocycles. The van der Waals surface area contributed by atoms with Gasteiger partial charge in [-0.15, -0.1) is 0 Å². The van der Waals surface area contributed by atoms with Gasteiger partial charge in [-0.2, -0.15) is 4.57 Å². The van der Waals surface area contributed by atoms with Gasteiger partial charge in [0.05, 0.1) is 11.1 Å². The highest BCUT2D eigenvalue weighted by atomic mass is 31.2. The van der Waals surface area contributed by atoms with Gasteiger partial charge in [0.25, 0.3) is 5.91 Å². The maximum atomic E-state index is 13.0. The fourth-order valence-corrected chi connectivity index (χ4v) is 4.50. The van der Waals surface area contributed by atoms with Crippen molar-refractivity contribution in [3.8, 4) is 0 Å². The third kappa shape index (κ3) is 7.83. The summed E-state index contributed by atoms with van der Waals surface area (Å²) in [5.74, 6) is -3.60. The van der Waals surface area contributed by atoms with Crippen molar-refractivity contribution in [1.29, 1.82) is 0 Å². The number of hydrogen-bond donors (Lipinski definition) is 3. The summed E-state index contributed by atoms with van der Waals surface area (Å²) in [6, 6.07) is 18.8. The Hall–Kier alpha value is -4.42. The molecule has 4 N–H and O–H groups in total. The normalized spacial score (nSPS) is 20.1. The van der Waals surface area contributed by atoms with Crippen LogP contribution in [0.5, 0.6) is 0 Å². The molecule has 4 atom stereocenters. The number of carbonyl (C=O) groups excluding carboxylic acids is 4. The summed E-state index contributed by atoms with van der Waals surface area (Å²) in [7, 11) is -4.82. The fourth-order valence-electron chi connectivity index (χ4n) is 4.09. The summed E-state index contributed by atoms with van der Waals surface area (Å²) < 4.78 is 35.3. The first kappa shape index (κ1) is 29.6. The quantitative estimate of drug-likeness (QED) is 0.134. The van der Waals surface area contributed by atoms with Crippen LogP contribution in [0.15, 0.2) is 85.2 Å². The van der Waals surface area contributed by atoms with Crippen LogP contribution in [0.2, 0.25) is 0 Å². The zero-order chi connectivity index (χ0) is 29.6.